The van der Waals surface area contributed by atoms with E-state index in [-0.39, 0.29) is 5.41 Å². The first-order valence-electron chi connectivity index (χ1n) is 5.99. The summed E-state index contributed by atoms with van der Waals surface area (Å²) in [5.41, 5.74) is 2.35. The SMILES string of the molecule is Cn1cc(NCc2cn(C)nc2C(C)(C)C)nn1. The lowest BCUT2D eigenvalue weighted by Gasteiger charge is -2.17. The molecule has 2 rings (SSSR count). The number of hydrogen-bond donors (Lipinski definition) is 1. The van der Waals surface area contributed by atoms with Gasteiger partial charge in [0.15, 0.2) is 5.82 Å². The van der Waals surface area contributed by atoms with E-state index in [2.05, 4.69) is 41.5 Å². The van der Waals surface area contributed by atoms with Crippen LogP contribution in [0.15, 0.2) is 12.4 Å². The number of nitrogens with zero attached hydrogens (tertiary/aromatic N) is 5. The molecule has 6 heteroatoms. The molecule has 2 heterocycles. The molecule has 0 bridgehead atoms. The summed E-state index contributed by atoms with van der Waals surface area (Å²) in [7, 11) is 3.80. The maximum absolute atomic E-state index is 4.53. The van der Waals surface area contributed by atoms with Crippen molar-refractivity contribution in [1.29, 1.82) is 0 Å². The minimum atomic E-state index is 0.0423. The van der Waals surface area contributed by atoms with Crippen LogP contribution in [0.25, 0.3) is 0 Å². The zero-order valence-corrected chi connectivity index (χ0v) is 11.6. The van der Waals surface area contributed by atoms with Gasteiger partial charge in [-0.05, 0) is 0 Å². The Hall–Kier alpha value is -1.85. The van der Waals surface area contributed by atoms with Gasteiger partial charge in [0.1, 0.15) is 0 Å². The van der Waals surface area contributed by atoms with Crippen LogP contribution in [0, 0.1) is 0 Å². The van der Waals surface area contributed by atoms with Crippen LogP contribution < -0.4 is 5.32 Å². The molecule has 0 unspecified atom stereocenters. The topological polar surface area (TPSA) is 60.6 Å². The van der Waals surface area contributed by atoms with Crippen LogP contribution in [-0.2, 0) is 26.1 Å². The lowest BCUT2D eigenvalue weighted by atomic mass is 9.89. The van der Waals surface area contributed by atoms with Gasteiger partial charge in [-0.3, -0.25) is 9.36 Å². The van der Waals surface area contributed by atoms with Crippen molar-refractivity contribution >= 4 is 5.82 Å². The molecule has 0 saturated carbocycles. The zero-order chi connectivity index (χ0) is 13.3. The van der Waals surface area contributed by atoms with Crippen molar-refractivity contribution in [3.05, 3.63) is 23.7 Å². The molecule has 0 aliphatic rings. The molecule has 0 aliphatic heterocycles. The van der Waals surface area contributed by atoms with Crippen LogP contribution in [0.4, 0.5) is 5.82 Å². The second kappa shape index (κ2) is 4.44. The summed E-state index contributed by atoms with van der Waals surface area (Å²) in [6.07, 6.45) is 3.90. The first-order chi connectivity index (χ1) is 8.36. The van der Waals surface area contributed by atoms with Gasteiger partial charge < -0.3 is 5.32 Å². The summed E-state index contributed by atoms with van der Waals surface area (Å²) in [5, 5.41) is 15.7. The van der Waals surface area contributed by atoms with Crippen LogP contribution >= 0.6 is 0 Å². The second-order valence-electron chi connectivity index (χ2n) is 5.56. The van der Waals surface area contributed by atoms with E-state index in [4.69, 9.17) is 0 Å². The van der Waals surface area contributed by atoms with Crippen molar-refractivity contribution in [1.82, 2.24) is 24.8 Å². The molecule has 0 atom stereocenters. The summed E-state index contributed by atoms with van der Waals surface area (Å²) < 4.78 is 3.53. The van der Waals surface area contributed by atoms with Gasteiger partial charge in [0.25, 0.3) is 0 Å². The Bertz CT molecular complexity index is 531. The van der Waals surface area contributed by atoms with Crippen molar-refractivity contribution in [2.75, 3.05) is 5.32 Å². The highest BCUT2D eigenvalue weighted by Gasteiger charge is 2.21. The number of aryl methyl sites for hydroxylation is 2. The highest BCUT2D eigenvalue weighted by molar-refractivity contribution is 5.33. The van der Waals surface area contributed by atoms with Gasteiger partial charge in [-0.15, -0.1) is 5.10 Å². The molecule has 18 heavy (non-hydrogen) atoms. The van der Waals surface area contributed by atoms with Crippen molar-refractivity contribution in [3.63, 3.8) is 0 Å². The first kappa shape index (κ1) is 12.6. The van der Waals surface area contributed by atoms with Gasteiger partial charge in [-0.25, -0.2) is 0 Å². The quantitative estimate of drug-likeness (QED) is 0.893. The van der Waals surface area contributed by atoms with Crippen LogP contribution in [0.2, 0.25) is 0 Å². The monoisotopic (exact) mass is 248 g/mol. The Kier molecular flexibility index (Phi) is 3.11. The fourth-order valence-corrected chi connectivity index (χ4v) is 1.91. The Morgan fingerprint density at radius 1 is 1.17 bits per heavy atom. The molecule has 0 spiro atoms. The van der Waals surface area contributed by atoms with Crippen LogP contribution in [0.3, 0.4) is 0 Å². The van der Waals surface area contributed by atoms with E-state index >= 15 is 0 Å². The van der Waals surface area contributed by atoms with Gasteiger partial charge in [-0.1, -0.05) is 26.0 Å². The maximum atomic E-state index is 4.53. The third-order valence-corrected chi connectivity index (χ3v) is 2.68. The fourth-order valence-electron chi connectivity index (χ4n) is 1.91. The number of rotatable bonds is 3. The molecule has 0 radical (unpaired) electrons. The summed E-state index contributed by atoms with van der Waals surface area (Å²) in [6, 6.07) is 0. The fraction of sp³-hybridized carbons (Fsp3) is 0.583. The maximum Gasteiger partial charge on any atom is 0.168 e. The minimum absolute atomic E-state index is 0.0423. The lowest BCUT2D eigenvalue weighted by molar-refractivity contribution is 0.549. The third-order valence-electron chi connectivity index (χ3n) is 2.68. The van der Waals surface area contributed by atoms with E-state index in [1.165, 1.54) is 5.56 Å². The molecule has 1 N–H and O–H groups in total. The van der Waals surface area contributed by atoms with E-state index in [1.807, 2.05) is 31.2 Å². The summed E-state index contributed by atoms with van der Waals surface area (Å²) in [5.74, 6) is 0.779. The highest BCUT2D eigenvalue weighted by Crippen LogP contribution is 2.24. The molecule has 2 aromatic rings. The molecule has 0 fully saturated rings. The highest BCUT2D eigenvalue weighted by atomic mass is 15.4. The van der Waals surface area contributed by atoms with Crippen molar-refractivity contribution in [3.8, 4) is 0 Å². The third kappa shape index (κ3) is 2.69. The largest absolute Gasteiger partial charge is 0.363 e. The standard InChI is InChI=1S/C12H20N6/c1-12(2,3)11-9(7-17(4)15-11)6-13-10-8-18(5)16-14-10/h7-8,13H,6H2,1-5H3. The number of anilines is 1. The summed E-state index contributed by atoms with van der Waals surface area (Å²) in [4.78, 5) is 0. The Balaban J connectivity index is 2.14. The molecule has 0 amide bonds. The molecule has 0 aliphatic carbocycles. The molecular formula is C12H20N6. The Morgan fingerprint density at radius 3 is 2.44 bits per heavy atom. The van der Waals surface area contributed by atoms with Crippen molar-refractivity contribution < 1.29 is 0 Å². The van der Waals surface area contributed by atoms with Crippen LogP contribution in [0.1, 0.15) is 32.0 Å². The zero-order valence-electron chi connectivity index (χ0n) is 11.6. The smallest absolute Gasteiger partial charge is 0.168 e. The summed E-state index contributed by atoms with van der Waals surface area (Å²) in [6.45, 7) is 7.21. The van der Waals surface area contributed by atoms with E-state index < -0.39 is 0 Å². The molecule has 0 aromatic carbocycles. The summed E-state index contributed by atoms with van der Waals surface area (Å²) >= 11 is 0. The number of hydrogen-bond acceptors (Lipinski definition) is 4. The predicted molar refractivity (Wildman–Crippen MR) is 70.2 cm³/mol. The lowest BCUT2D eigenvalue weighted by Crippen LogP contribution is -2.16. The van der Waals surface area contributed by atoms with Crippen molar-refractivity contribution in [2.24, 2.45) is 14.1 Å². The molecule has 2 aromatic heterocycles. The van der Waals surface area contributed by atoms with E-state index in [0.717, 1.165) is 11.5 Å². The van der Waals surface area contributed by atoms with Gasteiger partial charge >= 0.3 is 0 Å². The molecule has 0 saturated heterocycles. The normalized spacial score (nSPS) is 11.8. The number of aromatic nitrogens is 5. The Morgan fingerprint density at radius 2 is 1.89 bits per heavy atom. The second-order valence-corrected chi connectivity index (χ2v) is 5.56. The van der Waals surface area contributed by atoms with E-state index in [1.54, 1.807) is 4.68 Å². The first-order valence-corrected chi connectivity index (χ1v) is 5.99. The van der Waals surface area contributed by atoms with Gasteiger partial charge in [0.05, 0.1) is 11.9 Å². The minimum Gasteiger partial charge on any atom is -0.363 e. The van der Waals surface area contributed by atoms with Gasteiger partial charge in [0, 0.05) is 37.8 Å². The van der Waals surface area contributed by atoms with Crippen LogP contribution in [-0.4, -0.2) is 24.8 Å². The average molecular weight is 248 g/mol. The Labute approximate surface area is 107 Å². The van der Waals surface area contributed by atoms with Gasteiger partial charge in [0.2, 0.25) is 0 Å². The van der Waals surface area contributed by atoms with Gasteiger partial charge in [-0.2, -0.15) is 5.10 Å². The average Bonchev–Trinajstić information content (AvgIpc) is 2.81. The van der Waals surface area contributed by atoms with Crippen LogP contribution in [0.5, 0.6) is 0 Å². The number of nitrogens with one attached hydrogen (secondary N) is 1. The van der Waals surface area contributed by atoms with E-state index in [0.29, 0.717) is 6.54 Å². The van der Waals surface area contributed by atoms with Crippen molar-refractivity contribution in [2.45, 2.75) is 32.7 Å². The predicted octanol–water partition coefficient (Wildman–Crippen LogP) is 1.46. The van der Waals surface area contributed by atoms with E-state index in [9.17, 15) is 0 Å². The molecule has 98 valence electrons. The molecule has 6 nitrogen and oxygen atoms in total. The molecular weight excluding hydrogens is 228 g/mol.